The summed E-state index contributed by atoms with van der Waals surface area (Å²) in [5.41, 5.74) is 6.32. The molecule has 1 unspecified atom stereocenters. The number of aromatic nitrogens is 2. The van der Waals surface area contributed by atoms with E-state index in [1.807, 2.05) is 29.9 Å². The van der Waals surface area contributed by atoms with E-state index in [2.05, 4.69) is 21.0 Å². The number of imide groups is 1. The van der Waals surface area contributed by atoms with Gasteiger partial charge in [0, 0.05) is 69.4 Å². The maximum atomic E-state index is 12.8. The Morgan fingerprint density at radius 3 is 2.90 bits per heavy atom. The van der Waals surface area contributed by atoms with Crippen LogP contribution in [0.2, 0.25) is 0 Å². The minimum absolute atomic E-state index is 0.142. The fourth-order valence-corrected chi connectivity index (χ4v) is 4.81. The first-order valence-corrected chi connectivity index (χ1v) is 10.7. The van der Waals surface area contributed by atoms with E-state index in [1.165, 1.54) is 11.3 Å². The fourth-order valence-electron chi connectivity index (χ4n) is 4.81. The van der Waals surface area contributed by atoms with E-state index in [0.29, 0.717) is 31.6 Å². The van der Waals surface area contributed by atoms with Crippen LogP contribution in [0.25, 0.3) is 0 Å². The topological polar surface area (TPSA) is 108 Å². The molecule has 9 heteroatoms. The molecule has 1 aromatic carbocycles. The molecule has 0 spiro atoms. The molecule has 2 aromatic rings. The maximum absolute atomic E-state index is 12.8. The van der Waals surface area contributed by atoms with E-state index in [4.69, 9.17) is 0 Å². The van der Waals surface area contributed by atoms with E-state index in [-0.39, 0.29) is 24.1 Å². The number of aryl methyl sites for hydroxylation is 1. The van der Waals surface area contributed by atoms with Gasteiger partial charge in [-0.1, -0.05) is 12.1 Å². The van der Waals surface area contributed by atoms with Crippen molar-refractivity contribution in [3.05, 3.63) is 51.8 Å². The molecule has 162 valence electrons. The van der Waals surface area contributed by atoms with Crippen LogP contribution in [0.5, 0.6) is 0 Å². The predicted octanol–water partition coefficient (Wildman–Crippen LogP) is 0.117. The van der Waals surface area contributed by atoms with Gasteiger partial charge in [-0.2, -0.15) is 5.10 Å². The average Bonchev–Trinajstić information content (AvgIpc) is 3.25. The quantitative estimate of drug-likeness (QED) is 0.591. The highest BCUT2D eigenvalue weighted by Crippen LogP contribution is 2.28. The number of benzene rings is 1. The number of piperidine rings is 1. The Bertz CT molecular complexity index is 1080. The van der Waals surface area contributed by atoms with E-state index >= 15 is 0 Å². The van der Waals surface area contributed by atoms with Gasteiger partial charge in [-0.25, -0.2) is 0 Å². The summed E-state index contributed by atoms with van der Waals surface area (Å²) in [6, 6.07) is 5.24. The Hall–Kier alpha value is -3.04. The van der Waals surface area contributed by atoms with E-state index in [9.17, 15) is 14.4 Å². The lowest BCUT2D eigenvalue weighted by Crippen LogP contribution is -2.52. The minimum Gasteiger partial charge on any atom is -0.322 e. The van der Waals surface area contributed by atoms with Crippen LogP contribution in [0, 0.1) is 0 Å². The number of rotatable bonds is 5. The molecule has 5 rings (SSSR count). The standard InChI is InChI=1S/C22H26N6O3/c1-27-18-6-7-23-10-16(18)17(26-27)11-24-9-13-2-3-15-14(8-13)12-28(22(15)31)19-4-5-20(29)25-21(19)30/h2-3,8,19,23-24H,4-7,9-12H2,1H3,(H,25,29,30). The second-order valence-electron chi connectivity index (χ2n) is 8.42. The Labute approximate surface area is 180 Å². The SMILES string of the molecule is Cn1nc(CNCc2ccc3c(c2)CN(C2CCC(=O)NC2=O)C3=O)c2c1CCNC2. The van der Waals surface area contributed by atoms with E-state index in [0.717, 1.165) is 36.3 Å². The number of hydrogen-bond donors (Lipinski definition) is 3. The maximum Gasteiger partial charge on any atom is 0.255 e. The van der Waals surface area contributed by atoms with Gasteiger partial charge < -0.3 is 15.5 Å². The molecule has 3 aliphatic rings. The zero-order valence-electron chi connectivity index (χ0n) is 17.5. The molecular formula is C22H26N6O3. The predicted molar refractivity (Wildman–Crippen MR) is 112 cm³/mol. The number of carbonyl (C=O) groups excluding carboxylic acids is 3. The summed E-state index contributed by atoms with van der Waals surface area (Å²) in [6.07, 6.45) is 1.64. The second kappa shape index (κ2) is 7.90. The molecule has 0 bridgehead atoms. The monoisotopic (exact) mass is 422 g/mol. The van der Waals surface area contributed by atoms with Crippen molar-refractivity contribution in [2.75, 3.05) is 6.54 Å². The van der Waals surface area contributed by atoms with Crippen molar-refractivity contribution in [1.29, 1.82) is 0 Å². The number of fused-ring (bicyclic) bond motifs is 2. The molecule has 9 nitrogen and oxygen atoms in total. The van der Waals surface area contributed by atoms with Crippen molar-refractivity contribution < 1.29 is 14.4 Å². The molecule has 3 aliphatic heterocycles. The van der Waals surface area contributed by atoms with Crippen LogP contribution >= 0.6 is 0 Å². The van der Waals surface area contributed by atoms with E-state index in [1.54, 1.807) is 4.90 Å². The molecule has 1 fully saturated rings. The summed E-state index contributed by atoms with van der Waals surface area (Å²) in [7, 11) is 2.00. The Morgan fingerprint density at radius 1 is 1.19 bits per heavy atom. The van der Waals surface area contributed by atoms with Crippen molar-refractivity contribution in [3.63, 3.8) is 0 Å². The van der Waals surface area contributed by atoms with Crippen molar-refractivity contribution >= 4 is 17.7 Å². The third-order valence-electron chi connectivity index (χ3n) is 6.41. The van der Waals surface area contributed by atoms with Crippen molar-refractivity contribution in [2.24, 2.45) is 7.05 Å². The van der Waals surface area contributed by atoms with Gasteiger partial charge in [0.1, 0.15) is 6.04 Å². The zero-order valence-corrected chi connectivity index (χ0v) is 17.5. The zero-order chi connectivity index (χ0) is 21.5. The highest BCUT2D eigenvalue weighted by Gasteiger charge is 2.39. The minimum atomic E-state index is -0.580. The number of nitrogens with one attached hydrogen (secondary N) is 3. The van der Waals surface area contributed by atoms with Crippen molar-refractivity contribution in [3.8, 4) is 0 Å². The highest BCUT2D eigenvalue weighted by molar-refractivity contribution is 6.05. The van der Waals surface area contributed by atoms with Gasteiger partial charge in [0.05, 0.1) is 5.69 Å². The number of amides is 3. The number of hydrogen-bond acceptors (Lipinski definition) is 6. The molecule has 31 heavy (non-hydrogen) atoms. The molecule has 0 saturated carbocycles. The first-order chi connectivity index (χ1) is 15.0. The lowest BCUT2D eigenvalue weighted by molar-refractivity contribution is -0.136. The van der Waals surface area contributed by atoms with Crippen LogP contribution in [0.1, 0.15) is 51.3 Å². The van der Waals surface area contributed by atoms with Gasteiger partial charge in [-0.15, -0.1) is 0 Å². The summed E-state index contributed by atoms with van der Waals surface area (Å²) in [4.78, 5) is 38.0. The van der Waals surface area contributed by atoms with Gasteiger partial charge in [0.15, 0.2) is 0 Å². The molecule has 3 amide bonds. The molecule has 1 saturated heterocycles. The molecule has 3 N–H and O–H groups in total. The van der Waals surface area contributed by atoms with E-state index < -0.39 is 6.04 Å². The number of nitrogens with zero attached hydrogens (tertiary/aromatic N) is 3. The lowest BCUT2D eigenvalue weighted by Gasteiger charge is -2.29. The molecule has 0 aliphatic carbocycles. The first-order valence-electron chi connectivity index (χ1n) is 10.7. The lowest BCUT2D eigenvalue weighted by atomic mass is 10.0. The van der Waals surface area contributed by atoms with Crippen LogP contribution in [0.15, 0.2) is 18.2 Å². The van der Waals surface area contributed by atoms with Gasteiger partial charge in [0.25, 0.3) is 5.91 Å². The van der Waals surface area contributed by atoms with Crippen molar-refractivity contribution in [2.45, 2.75) is 51.5 Å². The van der Waals surface area contributed by atoms with Crippen LogP contribution in [0.3, 0.4) is 0 Å². The summed E-state index contributed by atoms with van der Waals surface area (Å²) in [5.74, 6) is -0.798. The largest absolute Gasteiger partial charge is 0.322 e. The van der Waals surface area contributed by atoms with Crippen molar-refractivity contribution in [1.82, 2.24) is 30.6 Å². The third kappa shape index (κ3) is 3.64. The van der Waals surface area contributed by atoms with Gasteiger partial charge in [-0.3, -0.25) is 24.4 Å². The smallest absolute Gasteiger partial charge is 0.255 e. The summed E-state index contributed by atoms with van der Waals surface area (Å²) >= 11 is 0. The van der Waals surface area contributed by atoms with Crippen LogP contribution in [-0.2, 0) is 49.2 Å². The highest BCUT2D eigenvalue weighted by atomic mass is 16.2. The molecular weight excluding hydrogens is 396 g/mol. The first kappa shape index (κ1) is 19.9. The van der Waals surface area contributed by atoms with Crippen LogP contribution < -0.4 is 16.0 Å². The summed E-state index contributed by atoms with van der Waals surface area (Å²) < 4.78 is 1.98. The Morgan fingerprint density at radius 2 is 2.06 bits per heavy atom. The normalized spacial score (nSPS) is 20.6. The molecule has 1 atom stereocenters. The average molecular weight is 422 g/mol. The third-order valence-corrected chi connectivity index (χ3v) is 6.41. The van der Waals surface area contributed by atoms with Crippen LogP contribution in [-0.4, -0.2) is 45.0 Å². The van der Waals surface area contributed by atoms with Crippen LogP contribution in [0.4, 0.5) is 0 Å². The molecule has 1 aromatic heterocycles. The summed E-state index contributed by atoms with van der Waals surface area (Å²) in [6.45, 7) is 3.59. The van der Waals surface area contributed by atoms with Gasteiger partial charge in [-0.05, 0) is 23.6 Å². The fraction of sp³-hybridized carbons (Fsp3) is 0.455. The molecule has 0 radical (unpaired) electrons. The second-order valence-corrected chi connectivity index (χ2v) is 8.42. The Kier molecular flexibility index (Phi) is 5.07. The van der Waals surface area contributed by atoms with Gasteiger partial charge >= 0.3 is 0 Å². The number of carbonyl (C=O) groups is 3. The van der Waals surface area contributed by atoms with Gasteiger partial charge in [0.2, 0.25) is 11.8 Å². The molecule has 4 heterocycles. The Balaban J connectivity index is 1.24. The summed E-state index contributed by atoms with van der Waals surface area (Å²) in [5, 5.41) is 13.9.